The van der Waals surface area contributed by atoms with E-state index in [4.69, 9.17) is 4.42 Å². The summed E-state index contributed by atoms with van der Waals surface area (Å²) < 4.78 is 5.12. The van der Waals surface area contributed by atoms with Crippen LogP contribution in [0.4, 0.5) is 5.69 Å². The summed E-state index contributed by atoms with van der Waals surface area (Å²) in [4.78, 5) is 13.8. The van der Waals surface area contributed by atoms with E-state index in [1.807, 2.05) is 24.3 Å². The Hall–Kier alpha value is -2.49. The zero-order valence-electron chi connectivity index (χ0n) is 12.9. The molecule has 22 heavy (non-hydrogen) atoms. The summed E-state index contributed by atoms with van der Waals surface area (Å²) in [7, 11) is 2.08. The van der Waals surface area contributed by atoms with Gasteiger partial charge in [0.2, 0.25) is 5.91 Å². The number of furan rings is 1. The maximum absolute atomic E-state index is 11.6. The van der Waals surface area contributed by atoms with Crippen molar-refractivity contribution in [1.82, 2.24) is 5.32 Å². The number of unbranched alkanes of at least 4 members (excludes halogenated alkanes) is 1. The number of hydrogen-bond donors (Lipinski definition) is 1. The van der Waals surface area contributed by atoms with E-state index in [9.17, 15) is 4.79 Å². The van der Waals surface area contributed by atoms with Crippen LogP contribution >= 0.6 is 0 Å². The molecule has 0 radical (unpaired) electrons. The zero-order valence-corrected chi connectivity index (χ0v) is 12.9. The molecule has 0 saturated heterocycles. The van der Waals surface area contributed by atoms with Crippen LogP contribution in [0.25, 0.3) is 6.08 Å². The van der Waals surface area contributed by atoms with Crippen molar-refractivity contribution in [2.24, 2.45) is 0 Å². The Labute approximate surface area is 131 Å². The van der Waals surface area contributed by atoms with Crippen molar-refractivity contribution in [3.63, 3.8) is 0 Å². The number of carbonyl (C=O) groups is 1. The quantitative estimate of drug-likeness (QED) is 0.600. The fourth-order valence-electron chi connectivity index (χ4n) is 2.10. The fourth-order valence-corrected chi connectivity index (χ4v) is 2.10. The van der Waals surface area contributed by atoms with Gasteiger partial charge in [0.25, 0.3) is 0 Å². The van der Waals surface area contributed by atoms with Crippen LogP contribution in [0.15, 0.2) is 59.2 Å². The largest absolute Gasteiger partial charge is 0.465 e. The molecule has 1 aromatic carbocycles. The molecule has 1 heterocycles. The van der Waals surface area contributed by atoms with Gasteiger partial charge in [0.15, 0.2) is 0 Å². The van der Waals surface area contributed by atoms with Gasteiger partial charge < -0.3 is 14.6 Å². The summed E-state index contributed by atoms with van der Waals surface area (Å²) in [5, 5.41) is 2.87. The molecular weight excluding hydrogens is 276 g/mol. The van der Waals surface area contributed by atoms with Gasteiger partial charge in [-0.2, -0.15) is 0 Å². The molecule has 4 nitrogen and oxygen atoms in total. The predicted octanol–water partition coefficient (Wildman–Crippen LogP) is 3.33. The smallest absolute Gasteiger partial charge is 0.244 e. The molecule has 0 unspecified atom stereocenters. The Morgan fingerprint density at radius 1 is 1.18 bits per heavy atom. The van der Waals surface area contributed by atoms with E-state index < -0.39 is 0 Å². The van der Waals surface area contributed by atoms with Crippen LogP contribution in [0.2, 0.25) is 0 Å². The molecule has 1 N–H and O–H groups in total. The van der Waals surface area contributed by atoms with Crippen molar-refractivity contribution in [2.75, 3.05) is 25.0 Å². The lowest BCUT2D eigenvalue weighted by Crippen LogP contribution is -2.24. The number of benzene rings is 1. The Morgan fingerprint density at radius 3 is 2.73 bits per heavy atom. The van der Waals surface area contributed by atoms with Crippen molar-refractivity contribution in [1.29, 1.82) is 0 Å². The first-order valence-corrected chi connectivity index (χ1v) is 7.51. The summed E-state index contributed by atoms with van der Waals surface area (Å²) in [6.07, 6.45) is 6.74. The summed E-state index contributed by atoms with van der Waals surface area (Å²) in [6.45, 7) is 1.66. The highest BCUT2D eigenvalue weighted by atomic mass is 16.3. The average molecular weight is 298 g/mol. The van der Waals surface area contributed by atoms with Gasteiger partial charge in [0.05, 0.1) is 6.26 Å². The van der Waals surface area contributed by atoms with Crippen LogP contribution in [0.3, 0.4) is 0 Å². The summed E-state index contributed by atoms with van der Waals surface area (Å²) >= 11 is 0. The highest BCUT2D eigenvalue weighted by molar-refractivity contribution is 5.91. The van der Waals surface area contributed by atoms with Gasteiger partial charge in [-0.3, -0.25) is 4.79 Å². The molecule has 2 aromatic rings. The van der Waals surface area contributed by atoms with E-state index in [2.05, 4.69) is 29.4 Å². The van der Waals surface area contributed by atoms with Crippen LogP contribution < -0.4 is 10.2 Å². The standard InChI is InChI=1S/C18H22N2O2/c1-20(16-8-3-2-4-9-16)14-6-5-13-19-18(21)12-11-17-10-7-15-22-17/h2-4,7-12,15H,5-6,13-14H2,1H3,(H,19,21)/b12-11+. The summed E-state index contributed by atoms with van der Waals surface area (Å²) in [6, 6.07) is 13.9. The van der Waals surface area contributed by atoms with E-state index in [0.717, 1.165) is 19.4 Å². The van der Waals surface area contributed by atoms with Gasteiger partial charge in [-0.25, -0.2) is 0 Å². The number of rotatable bonds is 8. The molecule has 1 amide bonds. The number of carbonyl (C=O) groups excluding carboxylic acids is 1. The molecule has 0 spiro atoms. The van der Waals surface area contributed by atoms with E-state index in [-0.39, 0.29) is 5.91 Å². The second-order valence-corrected chi connectivity index (χ2v) is 5.10. The second kappa shape index (κ2) is 8.72. The first-order valence-electron chi connectivity index (χ1n) is 7.51. The van der Waals surface area contributed by atoms with Crippen LogP contribution in [0.5, 0.6) is 0 Å². The number of anilines is 1. The van der Waals surface area contributed by atoms with Crippen molar-refractivity contribution >= 4 is 17.7 Å². The molecule has 0 bridgehead atoms. The van der Waals surface area contributed by atoms with E-state index in [1.54, 1.807) is 18.4 Å². The maximum atomic E-state index is 11.6. The number of para-hydroxylation sites is 1. The van der Waals surface area contributed by atoms with Crippen LogP contribution in [-0.4, -0.2) is 26.0 Å². The van der Waals surface area contributed by atoms with Gasteiger partial charge in [0, 0.05) is 31.9 Å². The van der Waals surface area contributed by atoms with E-state index in [1.165, 1.54) is 11.8 Å². The molecule has 0 atom stereocenters. The first kappa shape index (κ1) is 15.9. The molecule has 1 aromatic heterocycles. The normalized spacial score (nSPS) is 10.8. The highest BCUT2D eigenvalue weighted by Crippen LogP contribution is 2.11. The van der Waals surface area contributed by atoms with Gasteiger partial charge in [-0.05, 0) is 43.2 Å². The fraction of sp³-hybridized carbons (Fsp3) is 0.278. The Morgan fingerprint density at radius 2 is 2.00 bits per heavy atom. The summed E-state index contributed by atoms with van der Waals surface area (Å²) in [5.74, 6) is 0.590. The molecular formula is C18H22N2O2. The van der Waals surface area contributed by atoms with Gasteiger partial charge in [-0.1, -0.05) is 18.2 Å². The van der Waals surface area contributed by atoms with Crippen molar-refractivity contribution in [3.05, 3.63) is 60.6 Å². The molecule has 0 aliphatic rings. The molecule has 4 heteroatoms. The van der Waals surface area contributed by atoms with Crippen molar-refractivity contribution in [2.45, 2.75) is 12.8 Å². The predicted molar refractivity (Wildman–Crippen MR) is 89.7 cm³/mol. The first-order chi connectivity index (χ1) is 10.8. The molecule has 0 fully saturated rings. The minimum atomic E-state index is -0.0900. The van der Waals surface area contributed by atoms with Crippen molar-refractivity contribution in [3.8, 4) is 0 Å². The monoisotopic (exact) mass is 298 g/mol. The lowest BCUT2D eigenvalue weighted by molar-refractivity contribution is -0.116. The highest BCUT2D eigenvalue weighted by Gasteiger charge is 2.00. The van der Waals surface area contributed by atoms with Crippen molar-refractivity contribution < 1.29 is 9.21 Å². The number of nitrogens with one attached hydrogen (secondary N) is 1. The topological polar surface area (TPSA) is 45.5 Å². The second-order valence-electron chi connectivity index (χ2n) is 5.10. The Bertz CT molecular complexity index is 576. The summed E-state index contributed by atoms with van der Waals surface area (Å²) in [5.41, 5.74) is 1.22. The third kappa shape index (κ3) is 5.48. The molecule has 0 aliphatic carbocycles. The van der Waals surface area contributed by atoms with E-state index in [0.29, 0.717) is 12.3 Å². The number of hydrogen-bond acceptors (Lipinski definition) is 3. The SMILES string of the molecule is CN(CCCCNC(=O)/C=C/c1ccco1)c1ccccc1. The molecule has 0 saturated carbocycles. The third-order valence-corrected chi connectivity index (χ3v) is 3.36. The molecule has 0 aliphatic heterocycles. The van der Waals surface area contributed by atoms with Crippen LogP contribution in [0.1, 0.15) is 18.6 Å². The minimum Gasteiger partial charge on any atom is -0.465 e. The average Bonchev–Trinajstić information content (AvgIpc) is 3.06. The number of nitrogens with zero attached hydrogens (tertiary/aromatic N) is 1. The lowest BCUT2D eigenvalue weighted by Gasteiger charge is -2.18. The molecule has 116 valence electrons. The maximum Gasteiger partial charge on any atom is 0.244 e. The van der Waals surface area contributed by atoms with E-state index >= 15 is 0 Å². The number of amides is 1. The van der Waals surface area contributed by atoms with Gasteiger partial charge >= 0.3 is 0 Å². The zero-order chi connectivity index (χ0) is 15.6. The van der Waals surface area contributed by atoms with Gasteiger partial charge in [-0.15, -0.1) is 0 Å². The Balaban J connectivity index is 1.58. The van der Waals surface area contributed by atoms with Gasteiger partial charge in [0.1, 0.15) is 5.76 Å². The lowest BCUT2D eigenvalue weighted by atomic mass is 10.2. The third-order valence-electron chi connectivity index (χ3n) is 3.36. The van der Waals surface area contributed by atoms with Crippen LogP contribution in [0, 0.1) is 0 Å². The molecule has 2 rings (SSSR count). The minimum absolute atomic E-state index is 0.0900. The van der Waals surface area contributed by atoms with Crippen LogP contribution in [-0.2, 0) is 4.79 Å². The Kier molecular flexibility index (Phi) is 6.30.